The minimum atomic E-state index is -0.290. The van der Waals surface area contributed by atoms with E-state index in [4.69, 9.17) is 0 Å². The molecule has 1 fully saturated rings. The molecule has 2 aliphatic rings. The van der Waals surface area contributed by atoms with Crippen molar-refractivity contribution in [3.63, 3.8) is 0 Å². The summed E-state index contributed by atoms with van der Waals surface area (Å²) in [6.07, 6.45) is 3.53. The molecule has 2 aliphatic heterocycles. The van der Waals surface area contributed by atoms with E-state index >= 15 is 0 Å². The van der Waals surface area contributed by atoms with Crippen LogP contribution < -0.4 is 10.6 Å². The van der Waals surface area contributed by atoms with Crippen LogP contribution in [0.4, 0.5) is 10.1 Å². The number of anilines is 1. The van der Waals surface area contributed by atoms with Gasteiger partial charge >= 0.3 is 0 Å². The van der Waals surface area contributed by atoms with Crippen LogP contribution in [0.2, 0.25) is 0 Å². The average molecular weight is 248 g/mol. The van der Waals surface area contributed by atoms with Crippen molar-refractivity contribution in [2.24, 2.45) is 5.92 Å². The number of nitrogens with one attached hydrogen (secondary N) is 2. The average Bonchev–Trinajstić information content (AvgIpc) is 2.72. The Balaban J connectivity index is 1.79. The number of hydrogen-bond donors (Lipinski definition) is 2. The van der Waals surface area contributed by atoms with E-state index in [1.165, 1.54) is 0 Å². The normalized spacial score (nSPS) is 19.7. The second-order valence-corrected chi connectivity index (χ2v) is 5.23. The fourth-order valence-electron chi connectivity index (χ4n) is 2.90. The van der Waals surface area contributed by atoms with Crippen LogP contribution in [0, 0.1) is 11.7 Å². The van der Waals surface area contributed by atoms with Crippen molar-refractivity contribution in [2.45, 2.75) is 25.7 Å². The Labute approximate surface area is 106 Å². The van der Waals surface area contributed by atoms with Gasteiger partial charge in [0.25, 0.3) is 0 Å². The maximum atomic E-state index is 13.9. The summed E-state index contributed by atoms with van der Waals surface area (Å²) in [6, 6.07) is 3.56. The van der Waals surface area contributed by atoms with Crippen molar-refractivity contribution in [3.8, 4) is 0 Å². The predicted molar refractivity (Wildman–Crippen MR) is 68.0 cm³/mol. The largest absolute Gasteiger partial charge is 0.323 e. The van der Waals surface area contributed by atoms with E-state index in [-0.39, 0.29) is 11.7 Å². The summed E-state index contributed by atoms with van der Waals surface area (Å²) in [5, 5.41) is 5.90. The lowest BCUT2D eigenvalue weighted by Gasteiger charge is -2.22. The first kappa shape index (κ1) is 11.7. The molecule has 3 nitrogen and oxygen atoms in total. The van der Waals surface area contributed by atoms with Crippen LogP contribution in [0.25, 0.3) is 0 Å². The summed E-state index contributed by atoms with van der Waals surface area (Å²) < 4.78 is 13.9. The van der Waals surface area contributed by atoms with E-state index in [1.807, 2.05) is 6.07 Å². The van der Waals surface area contributed by atoms with Gasteiger partial charge in [0, 0.05) is 0 Å². The molecule has 0 unspecified atom stereocenters. The van der Waals surface area contributed by atoms with E-state index in [2.05, 4.69) is 10.6 Å². The number of benzene rings is 1. The quantitative estimate of drug-likeness (QED) is 0.838. The van der Waals surface area contributed by atoms with Crippen LogP contribution in [0.15, 0.2) is 12.1 Å². The number of fused-ring (bicyclic) bond motifs is 1. The molecule has 0 radical (unpaired) electrons. The summed E-state index contributed by atoms with van der Waals surface area (Å²) in [5.41, 5.74) is 2.22. The van der Waals surface area contributed by atoms with Gasteiger partial charge in [-0.3, -0.25) is 4.79 Å². The number of carbonyl (C=O) groups excluding carboxylic acids is 1. The fraction of sp³-hybridized carbons (Fsp3) is 0.500. The van der Waals surface area contributed by atoms with Gasteiger partial charge in [0.2, 0.25) is 5.91 Å². The highest BCUT2D eigenvalue weighted by atomic mass is 19.1. The third-order valence-corrected chi connectivity index (χ3v) is 3.83. The Morgan fingerprint density at radius 3 is 2.83 bits per heavy atom. The molecule has 0 aromatic heterocycles. The summed E-state index contributed by atoms with van der Waals surface area (Å²) >= 11 is 0. The zero-order valence-corrected chi connectivity index (χ0v) is 10.3. The van der Waals surface area contributed by atoms with Crippen molar-refractivity contribution >= 4 is 11.6 Å². The number of hydrogen-bond acceptors (Lipinski definition) is 2. The summed E-state index contributed by atoms with van der Waals surface area (Å²) in [6.45, 7) is 2.11. The number of halogens is 1. The standard InChI is InChI=1S/C14H17FN2O/c15-12-7-10(5-9-1-3-16-4-2-9)6-11-8-13(18)17-14(11)12/h6-7,9,16H,1-5,8H2,(H,17,18). The predicted octanol–water partition coefficient (Wildman–Crippen LogP) is 1.86. The van der Waals surface area contributed by atoms with Gasteiger partial charge in [-0.25, -0.2) is 4.39 Å². The smallest absolute Gasteiger partial charge is 0.228 e. The van der Waals surface area contributed by atoms with Crippen molar-refractivity contribution in [1.82, 2.24) is 5.32 Å². The van der Waals surface area contributed by atoms with Crippen LogP contribution >= 0.6 is 0 Å². The number of amides is 1. The highest BCUT2D eigenvalue weighted by Gasteiger charge is 2.23. The lowest BCUT2D eigenvalue weighted by molar-refractivity contribution is -0.115. The summed E-state index contributed by atoms with van der Waals surface area (Å²) in [4.78, 5) is 11.3. The molecule has 18 heavy (non-hydrogen) atoms. The highest BCUT2D eigenvalue weighted by molar-refractivity contribution is 5.99. The van der Waals surface area contributed by atoms with Crippen molar-refractivity contribution < 1.29 is 9.18 Å². The molecule has 0 bridgehead atoms. The molecule has 4 heteroatoms. The highest BCUT2D eigenvalue weighted by Crippen LogP contribution is 2.29. The molecular formula is C14H17FN2O. The van der Waals surface area contributed by atoms with Gasteiger partial charge in [0.1, 0.15) is 5.82 Å². The molecule has 0 saturated carbocycles. The summed E-state index contributed by atoms with van der Waals surface area (Å²) in [5.74, 6) is 0.235. The van der Waals surface area contributed by atoms with Gasteiger partial charge in [-0.1, -0.05) is 6.07 Å². The Morgan fingerprint density at radius 1 is 1.28 bits per heavy atom. The van der Waals surface area contributed by atoms with Gasteiger partial charge in [-0.05, 0) is 55.5 Å². The molecule has 2 heterocycles. The molecule has 1 saturated heterocycles. The molecule has 0 aliphatic carbocycles. The maximum Gasteiger partial charge on any atom is 0.228 e. The van der Waals surface area contributed by atoms with E-state index in [0.717, 1.165) is 43.5 Å². The van der Waals surface area contributed by atoms with E-state index in [1.54, 1.807) is 6.07 Å². The van der Waals surface area contributed by atoms with Crippen LogP contribution in [0.5, 0.6) is 0 Å². The molecule has 2 N–H and O–H groups in total. The number of carbonyl (C=O) groups is 1. The second kappa shape index (κ2) is 4.69. The third-order valence-electron chi connectivity index (χ3n) is 3.83. The number of piperidine rings is 1. The lowest BCUT2D eigenvalue weighted by atomic mass is 9.90. The molecule has 0 atom stereocenters. The Bertz CT molecular complexity index is 481. The maximum absolute atomic E-state index is 13.9. The molecular weight excluding hydrogens is 231 g/mol. The second-order valence-electron chi connectivity index (χ2n) is 5.23. The minimum absolute atomic E-state index is 0.108. The molecule has 1 aromatic rings. The first-order chi connectivity index (χ1) is 8.72. The van der Waals surface area contributed by atoms with Crippen molar-refractivity contribution in [2.75, 3.05) is 18.4 Å². The van der Waals surface area contributed by atoms with Crippen molar-refractivity contribution in [1.29, 1.82) is 0 Å². The number of rotatable bonds is 2. The molecule has 1 amide bonds. The van der Waals surface area contributed by atoms with E-state index in [0.29, 0.717) is 18.0 Å². The van der Waals surface area contributed by atoms with E-state index in [9.17, 15) is 9.18 Å². The fourth-order valence-corrected chi connectivity index (χ4v) is 2.90. The van der Waals surface area contributed by atoms with E-state index < -0.39 is 0 Å². The molecule has 3 rings (SSSR count). The Hall–Kier alpha value is -1.42. The van der Waals surface area contributed by atoms with Crippen molar-refractivity contribution in [3.05, 3.63) is 29.1 Å². The topological polar surface area (TPSA) is 41.1 Å². The monoisotopic (exact) mass is 248 g/mol. The van der Waals surface area contributed by atoms with Gasteiger partial charge in [0.15, 0.2) is 0 Å². The van der Waals surface area contributed by atoms with Gasteiger partial charge < -0.3 is 10.6 Å². The Kier molecular flexibility index (Phi) is 3.04. The molecule has 0 spiro atoms. The zero-order chi connectivity index (χ0) is 12.5. The first-order valence-corrected chi connectivity index (χ1v) is 6.54. The van der Waals surface area contributed by atoms with Crippen LogP contribution in [0.1, 0.15) is 24.0 Å². The molecule has 1 aromatic carbocycles. The zero-order valence-electron chi connectivity index (χ0n) is 10.3. The van der Waals surface area contributed by atoms with Crippen LogP contribution in [-0.4, -0.2) is 19.0 Å². The van der Waals surface area contributed by atoms with Crippen LogP contribution in [0.3, 0.4) is 0 Å². The first-order valence-electron chi connectivity index (χ1n) is 6.54. The molecule has 96 valence electrons. The SMILES string of the molecule is O=C1Cc2cc(CC3CCNCC3)cc(F)c2N1. The van der Waals surface area contributed by atoms with Crippen LogP contribution in [-0.2, 0) is 17.6 Å². The third kappa shape index (κ3) is 2.25. The van der Waals surface area contributed by atoms with Gasteiger partial charge in [-0.2, -0.15) is 0 Å². The lowest BCUT2D eigenvalue weighted by Crippen LogP contribution is -2.28. The Morgan fingerprint density at radius 2 is 2.06 bits per heavy atom. The van der Waals surface area contributed by atoms with Gasteiger partial charge in [0.05, 0.1) is 12.1 Å². The summed E-state index contributed by atoms with van der Waals surface area (Å²) in [7, 11) is 0. The minimum Gasteiger partial charge on any atom is -0.323 e. The van der Waals surface area contributed by atoms with Gasteiger partial charge in [-0.15, -0.1) is 0 Å².